The molecule has 3 heterocycles. The second kappa shape index (κ2) is 6.71. The van der Waals surface area contributed by atoms with Gasteiger partial charge in [-0.05, 0) is 38.8 Å². The van der Waals surface area contributed by atoms with Gasteiger partial charge in [-0.25, -0.2) is 4.98 Å². The Bertz CT molecular complexity index is 699. The zero-order valence-electron chi connectivity index (χ0n) is 14.7. The number of nitrogens with zero attached hydrogens (tertiary/aromatic N) is 4. The van der Waals surface area contributed by atoms with Crippen LogP contribution in [0, 0.1) is 17.2 Å². The molecule has 1 N–H and O–H groups in total. The summed E-state index contributed by atoms with van der Waals surface area (Å²) in [5.74, 6) is 0.765. The Morgan fingerprint density at radius 3 is 2.64 bits per heavy atom. The number of pyridine rings is 1. The molecule has 1 aromatic heterocycles. The SMILES string of the molecule is CC1(C)C(=O)NCCN1C(=O)C1CCN(c2ccc(C#N)cn2)CC1. The second-order valence-electron chi connectivity index (χ2n) is 7.08. The highest BCUT2D eigenvalue weighted by Gasteiger charge is 2.42. The van der Waals surface area contributed by atoms with E-state index in [0.29, 0.717) is 18.7 Å². The average molecular weight is 341 g/mol. The number of hydrogen-bond acceptors (Lipinski definition) is 5. The Labute approximate surface area is 147 Å². The summed E-state index contributed by atoms with van der Waals surface area (Å²) in [4.78, 5) is 33.2. The summed E-state index contributed by atoms with van der Waals surface area (Å²) in [6.45, 7) is 6.17. The van der Waals surface area contributed by atoms with E-state index in [1.165, 1.54) is 0 Å². The van der Waals surface area contributed by atoms with Crippen LogP contribution in [0.4, 0.5) is 5.82 Å². The van der Waals surface area contributed by atoms with Gasteiger partial charge in [-0.1, -0.05) is 0 Å². The van der Waals surface area contributed by atoms with Crippen LogP contribution < -0.4 is 10.2 Å². The Balaban J connectivity index is 1.62. The van der Waals surface area contributed by atoms with E-state index >= 15 is 0 Å². The van der Waals surface area contributed by atoms with Gasteiger partial charge in [0.1, 0.15) is 17.4 Å². The van der Waals surface area contributed by atoms with Crippen LogP contribution in [-0.2, 0) is 9.59 Å². The minimum Gasteiger partial charge on any atom is -0.357 e. The number of amides is 2. The quantitative estimate of drug-likeness (QED) is 0.863. The number of nitrogens with one attached hydrogen (secondary N) is 1. The Kier molecular flexibility index (Phi) is 4.62. The minimum atomic E-state index is -0.791. The van der Waals surface area contributed by atoms with E-state index < -0.39 is 5.54 Å². The van der Waals surface area contributed by atoms with E-state index in [0.717, 1.165) is 31.7 Å². The van der Waals surface area contributed by atoms with Crippen molar-refractivity contribution in [1.29, 1.82) is 5.26 Å². The van der Waals surface area contributed by atoms with Gasteiger partial charge in [-0.3, -0.25) is 9.59 Å². The highest BCUT2D eigenvalue weighted by Crippen LogP contribution is 2.27. The van der Waals surface area contributed by atoms with Gasteiger partial charge in [0.2, 0.25) is 11.8 Å². The van der Waals surface area contributed by atoms with Crippen molar-refractivity contribution in [3.8, 4) is 6.07 Å². The van der Waals surface area contributed by atoms with Gasteiger partial charge in [0.05, 0.1) is 5.56 Å². The Morgan fingerprint density at radius 1 is 1.32 bits per heavy atom. The van der Waals surface area contributed by atoms with Crippen LogP contribution in [0.25, 0.3) is 0 Å². The van der Waals surface area contributed by atoms with Crippen LogP contribution in [0.1, 0.15) is 32.3 Å². The predicted octanol–water partition coefficient (Wildman–Crippen LogP) is 0.907. The average Bonchev–Trinajstić information content (AvgIpc) is 2.64. The molecule has 3 rings (SSSR count). The topological polar surface area (TPSA) is 89.3 Å². The van der Waals surface area contributed by atoms with E-state index in [-0.39, 0.29) is 17.7 Å². The normalized spacial score (nSPS) is 20.8. The number of aromatic nitrogens is 1. The summed E-state index contributed by atoms with van der Waals surface area (Å²) < 4.78 is 0. The molecule has 0 unspecified atom stereocenters. The highest BCUT2D eigenvalue weighted by molar-refractivity contribution is 5.92. The predicted molar refractivity (Wildman–Crippen MR) is 92.7 cm³/mol. The van der Waals surface area contributed by atoms with Gasteiger partial charge in [0.25, 0.3) is 0 Å². The lowest BCUT2D eigenvalue weighted by Gasteiger charge is -2.44. The lowest BCUT2D eigenvalue weighted by atomic mass is 9.91. The van der Waals surface area contributed by atoms with Crippen molar-refractivity contribution in [2.75, 3.05) is 31.1 Å². The van der Waals surface area contributed by atoms with Gasteiger partial charge < -0.3 is 15.1 Å². The second-order valence-corrected chi connectivity index (χ2v) is 7.08. The number of rotatable bonds is 2. The number of anilines is 1. The van der Waals surface area contributed by atoms with Crippen LogP contribution in [-0.4, -0.2) is 53.4 Å². The monoisotopic (exact) mass is 341 g/mol. The van der Waals surface area contributed by atoms with Crippen LogP contribution in [0.15, 0.2) is 18.3 Å². The molecular weight excluding hydrogens is 318 g/mol. The molecule has 2 aliphatic rings. The molecule has 0 bridgehead atoms. The Morgan fingerprint density at radius 2 is 2.04 bits per heavy atom. The van der Waals surface area contributed by atoms with Crippen LogP contribution in [0.3, 0.4) is 0 Å². The first-order chi connectivity index (χ1) is 11.9. The lowest BCUT2D eigenvalue weighted by Crippen LogP contribution is -2.64. The maximum Gasteiger partial charge on any atom is 0.245 e. The van der Waals surface area contributed by atoms with Gasteiger partial charge in [0.15, 0.2) is 0 Å². The van der Waals surface area contributed by atoms with E-state index in [9.17, 15) is 9.59 Å². The highest BCUT2D eigenvalue weighted by atomic mass is 16.2. The van der Waals surface area contributed by atoms with E-state index in [1.54, 1.807) is 31.0 Å². The zero-order chi connectivity index (χ0) is 18.0. The van der Waals surface area contributed by atoms with E-state index in [4.69, 9.17) is 5.26 Å². The number of carbonyl (C=O) groups is 2. The number of carbonyl (C=O) groups excluding carboxylic acids is 2. The minimum absolute atomic E-state index is 0.0557. The number of hydrogen-bond donors (Lipinski definition) is 1. The fourth-order valence-corrected chi connectivity index (χ4v) is 3.50. The van der Waals surface area contributed by atoms with Gasteiger partial charge in [-0.15, -0.1) is 0 Å². The summed E-state index contributed by atoms with van der Waals surface area (Å²) in [6.07, 6.45) is 3.06. The van der Waals surface area contributed by atoms with Crippen molar-refractivity contribution < 1.29 is 9.59 Å². The molecule has 2 amide bonds. The third-order valence-corrected chi connectivity index (χ3v) is 5.16. The fourth-order valence-electron chi connectivity index (χ4n) is 3.50. The van der Waals surface area contributed by atoms with Crippen molar-refractivity contribution in [2.24, 2.45) is 5.92 Å². The van der Waals surface area contributed by atoms with Crippen LogP contribution >= 0.6 is 0 Å². The first-order valence-corrected chi connectivity index (χ1v) is 8.64. The lowest BCUT2D eigenvalue weighted by molar-refractivity contribution is -0.152. The van der Waals surface area contributed by atoms with E-state index in [2.05, 4.69) is 21.3 Å². The Hall–Kier alpha value is -2.62. The van der Waals surface area contributed by atoms with Crippen molar-refractivity contribution >= 4 is 17.6 Å². The molecule has 0 aromatic carbocycles. The van der Waals surface area contributed by atoms with Crippen LogP contribution in [0.5, 0.6) is 0 Å². The standard InChI is InChI=1S/C18H23N5O2/c1-18(2)17(25)20-7-10-23(18)16(24)14-5-8-22(9-6-14)15-4-3-13(11-19)12-21-15/h3-4,12,14H,5-10H2,1-2H3,(H,20,25). The molecule has 0 saturated carbocycles. The third-order valence-electron chi connectivity index (χ3n) is 5.16. The smallest absolute Gasteiger partial charge is 0.245 e. The van der Waals surface area contributed by atoms with Crippen molar-refractivity contribution in [3.05, 3.63) is 23.9 Å². The molecule has 7 heteroatoms. The molecule has 7 nitrogen and oxygen atoms in total. The van der Waals surface area contributed by atoms with Gasteiger partial charge >= 0.3 is 0 Å². The van der Waals surface area contributed by atoms with Gasteiger partial charge in [0, 0.05) is 38.3 Å². The van der Waals surface area contributed by atoms with Crippen molar-refractivity contribution in [2.45, 2.75) is 32.2 Å². The largest absolute Gasteiger partial charge is 0.357 e. The molecule has 2 fully saturated rings. The maximum absolute atomic E-state index is 12.9. The molecular formula is C18H23N5O2. The summed E-state index contributed by atoms with van der Waals surface area (Å²) >= 11 is 0. The summed E-state index contributed by atoms with van der Waals surface area (Å²) in [6, 6.07) is 5.67. The van der Waals surface area contributed by atoms with Crippen molar-refractivity contribution in [1.82, 2.24) is 15.2 Å². The molecule has 2 aliphatic heterocycles. The molecule has 0 spiro atoms. The molecule has 132 valence electrons. The molecule has 0 aliphatic carbocycles. The number of piperidine rings is 1. The molecule has 0 radical (unpaired) electrons. The zero-order valence-corrected chi connectivity index (χ0v) is 14.7. The van der Waals surface area contributed by atoms with Crippen LogP contribution in [0.2, 0.25) is 0 Å². The number of nitriles is 1. The third kappa shape index (κ3) is 3.29. The molecule has 25 heavy (non-hydrogen) atoms. The van der Waals surface area contributed by atoms with E-state index in [1.807, 2.05) is 6.07 Å². The van der Waals surface area contributed by atoms with Gasteiger partial charge in [-0.2, -0.15) is 5.26 Å². The maximum atomic E-state index is 12.9. The van der Waals surface area contributed by atoms with Crippen molar-refractivity contribution in [3.63, 3.8) is 0 Å². The first kappa shape index (κ1) is 17.2. The molecule has 2 saturated heterocycles. The first-order valence-electron chi connectivity index (χ1n) is 8.64. The summed E-state index contributed by atoms with van der Waals surface area (Å²) in [7, 11) is 0. The molecule has 1 aromatic rings. The number of piperazine rings is 1. The summed E-state index contributed by atoms with van der Waals surface area (Å²) in [5, 5.41) is 11.7. The summed E-state index contributed by atoms with van der Waals surface area (Å²) in [5.41, 5.74) is -0.249. The molecule has 0 atom stereocenters. The fraction of sp³-hybridized carbons (Fsp3) is 0.556.